The van der Waals surface area contributed by atoms with Crippen LogP contribution in [0, 0.1) is 11.8 Å². The molecular weight excluding hydrogens is 152 g/mol. The Morgan fingerprint density at radius 2 is 2.17 bits per heavy atom. The number of aliphatic hydroxyl groups excluding tert-OH is 1. The van der Waals surface area contributed by atoms with Gasteiger partial charge in [0.05, 0.1) is 6.10 Å². The lowest BCUT2D eigenvalue weighted by atomic mass is 9.92. The summed E-state index contributed by atoms with van der Waals surface area (Å²) in [6.45, 7) is 1.28. The molecule has 0 aromatic carbocycles. The number of aliphatic hydroxyl groups is 1. The number of ether oxygens (including phenoxy) is 1. The van der Waals surface area contributed by atoms with Crippen LogP contribution in [0.2, 0.25) is 0 Å². The van der Waals surface area contributed by atoms with E-state index in [1.54, 1.807) is 0 Å². The molecule has 2 unspecified atom stereocenters. The molecule has 0 bridgehead atoms. The molecule has 2 heteroatoms. The van der Waals surface area contributed by atoms with Gasteiger partial charge in [-0.05, 0) is 43.9 Å². The summed E-state index contributed by atoms with van der Waals surface area (Å²) in [4.78, 5) is 0. The van der Waals surface area contributed by atoms with Gasteiger partial charge in [-0.3, -0.25) is 0 Å². The second-order valence-corrected chi connectivity index (χ2v) is 4.07. The Morgan fingerprint density at radius 1 is 1.33 bits per heavy atom. The molecule has 2 atom stereocenters. The van der Waals surface area contributed by atoms with Crippen LogP contribution in [0.15, 0.2) is 0 Å². The minimum absolute atomic E-state index is 0.334. The highest BCUT2D eigenvalue weighted by molar-refractivity contribution is 4.87. The molecule has 2 nitrogen and oxygen atoms in total. The van der Waals surface area contributed by atoms with E-state index in [0.717, 1.165) is 18.9 Å². The van der Waals surface area contributed by atoms with E-state index in [4.69, 9.17) is 9.84 Å². The summed E-state index contributed by atoms with van der Waals surface area (Å²) in [6.07, 6.45) is 6.61. The first-order chi connectivity index (χ1) is 5.92. The Morgan fingerprint density at radius 3 is 2.67 bits per heavy atom. The Labute approximate surface area is 73.9 Å². The molecule has 1 saturated carbocycles. The van der Waals surface area contributed by atoms with Gasteiger partial charge in [0.15, 0.2) is 0 Å². The summed E-state index contributed by atoms with van der Waals surface area (Å²) < 4.78 is 5.66. The quantitative estimate of drug-likeness (QED) is 0.694. The van der Waals surface area contributed by atoms with Crippen molar-refractivity contribution in [1.82, 2.24) is 0 Å². The SMILES string of the molecule is OCCC(C1CC1)C1CCCO1. The summed E-state index contributed by atoms with van der Waals surface area (Å²) in [5, 5.41) is 8.92. The Hall–Kier alpha value is -0.0800. The molecule has 0 aromatic heterocycles. The first-order valence-corrected chi connectivity index (χ1v) is 5.14. The highest BCUT2D eigenvalue weighted by atomic mass is 16.5. The van der Waals surface area contributed by atoms with Gasteiger partial charge < -0.3 is 9.84 Å². The third kappa shape index (κ3) is 1.80. The molecule has 1 heterocycles. The van der Waals surface area contributed by atoms with Gasteiger partial charge in [-0.2, -0.15) is 0 Å². The van der Waals surface area contributed by atoms with Crippen LogP contribution in [0.5, 0.6) is 0 Å². The zero-order chi connectivity index (χ0) is 8.39. The molecule has 0 radical (unpaired) electrons. The van der Waals surface area contributed by atoms with Gasteiger partial charge in [-0.15, -0.1) is 0 Å². The van der Waals surface area contributed by atoms with Gasteiger partial charge in [0.2, 0.25) is 0 Å². The van der Waals surface area contributed by atoms with Crippen LogP contribution in [0.1, 0.15) is 32.1 Å². The van der Waals surface area contributed by atoms with Gasteiger partial charge in [0.1, 0.15) is 0 Å². The van der Waals surface area contributed by atoms with E-state index >= 15 is 0 Å². The van der Waals surface area contributed by atoms with Crippen LogP contribution < -0.4 is 0 Å². The van der Waals surface area contributed by atoms with E-state index in [9.17, 15) is 0 Å². The van der Waals surface area contributed by atoms with Crippen LogP contribution >= 0.6 is 0 Å². The molecule has 2 rings (SSSR count). The minimum Gasteiger partial charge on any atom is -0.396 e. The summed E-state index contributed by atoms with van der Waals surface area (Å²) in [6, 6.07) is 0. The standard InChI is InChI=1S/C10H18O2/c11-6-5-9(8-3-4-8)10-2-1-7-12-10/h8-11H,1-7H2. The Bertz CT molecular complexity index is 137. The van der Waals surface area contributed by atoms with E-state index in [0.29, 0.717) is 18.6 Å². The molecule has 0 aromatic rings. The predicted molar refractivity (Wildman–Crippen MR) is 46.9 cm³/mol. The van der Waals surface area contributed by atoms with E-state index in [2.05, 4.69) is 0 Å². The third-order valence-corrected chi connectivity index (χ3v) is 3.13. The fraction of sp³-hybridized carbons (Fsp3) is 1.00. The molecule has 70 valence electrons. The maximum absolute atomic E-state index is 8.92. The van der Waals surface area contributed by atoms with Gasteiger partial charge in [0.25, 0.3) is 0 Å². The Balaban J connectivity index is 1.85. The normalized spacial score (nSPS) is 32.2. The largest absolute Gasteiger partial charge is 0.396 e. The van der Waals surface area contributed by atoms with Crippen LogP contribution in [0.4, 0.5) is 0 Å². The summed E-state index contributed by atoms with van der Waals surface area (Å²) >= 11 is 0. The van der Waals surface area contributed by atoms with E-state index in [1.165, 1.54) is 25.7 Å². The van der Waals surface area contributed by atoms with Crippen molar-refractivity contribution in [3.63, 3.8) is 0 Å². The minimum atomic E-state index is 0.334. The van der Waals surface area contributed by atoms with Crippen LogP contribution in [0.3, 0.4) is 0 Å². The highest BCUT2D eigenvalue weighted by Gasteiger charge is 2.37. The summed E-state index contributed by atoms with van der Waals surface area (Å²) in [7, 11) is 0. The first kappa shape index (κ1) is 8.52. The molecule has 1 N–H and O–H groups in total. The number of hydrogen-bond acceptors (Lipinski definition) is 2. The summed E-state index contributed by atoms with van der Waals surface area (Å²) in [5.74, 6) is 1.54. The second kappa shape index (κ2) is 3.75. The van der Waals surface area contributed by atoms with Crippen LogP contribution in [0.25, 0.3) is 0 Å². The smallest absolute Gasteiger partial charge is 0.0607 e. The molecule has 2 fully saturated rings. The molecule has 2 aliphatic rings. The van der Waals surface area contributed by atoms with Crippen molar-refractivity contribution >= 4 is 0 Å². The van der Waals surface area contributed by atoms with Gasteiger partial charge in [0, 0.05) is 13.2 Å². The number of rotatable bonds is 4. The monoisotopic (exact) mass is 170 g/mol. The molecule has 12 heavy (non-hydrogen) atoms. The maximum Gasteiger partial charge on any atom is 0.0607 e. The zero-order valence-electron chi connectivity index (χ0n) is 7.54. The predicted octanol–water partition coefficient (Wildman–Crippen LogP) is 1.57. The van der Waals surface area contributed by atoms with Crippen molar-refractivity contribution in [1.29, 1.82) is 0 Å². The third-order valence-electron chi connectivity index (χ3n) is 3.13. The maximum atomic E-state index is 8.92. The van der Waals surface area contributed by atoms with E-state index in [-0.39, 0.29) is 0 Å². The average molecular weight is 170 g/mol. The first-order valence-electron chi connectivity index (χ1n) is 5.14. The van der Waals surface area contributed by atoms with Gasteiger partial charge in [-0.1, -0.05) is 0 Å². The second-order valence-electron chi connectivity index (χ2n) is 4.07. The van der Waals surface area contributed by atoms with Crippen molar-refractivity contribution in [3.8, 4) is 0 Å². The van der Waals surface area contributed by atoms with Gasteiger partial charge >= 0.3 is 0 Å². The van der Waals surface area contributed by atoms with Crippen molar-refractivity contribution in [3.05, 3.63) is 0 Å². The molecule has 1 aliphatic carbocycles. The molecule has 0 amide bonds. The van der Waals surface area contributed by atoms with E-state index in [1.807, 2.05) is 0 Å². The van der Waals surface area contributed by atoms with E-state index < -0.39 is 0 Å². The van der Waals surface area contributed by atoms with Crippen molar-refractivity contribution in [2.24, 2.45) is 11.8 Å². The zero-order valence-corrected chi connectivity index (χ0v) is 7.54. The lowest BCUT2D eigenvalue weighted by molar-refractivity contribution is 0.0428. The molecular formula is C10H18O2. The van der Waals surface area contributed by atoms with Crippen molar-refractivity contribution < 1.29 is 9.84 Å². The lowest BCUT2D eigenvalue weighted by Gasteiger charge is -2.21. The fourth-order valence-electron chi connectivity index (χ4n) is 2.34. The van der Waals surface area contributed by atoms with Crippen molar-refractivity contribution in [2.45, 2.75) is 38.2 Å². The fourth-order valence-corrected chi connectivity index (χ4v) is 2.34. The van der Waals surface area contributed by atoms with Crippen molar-refractivity contribution in [2.75, 3.05) is 13.2 Å². The van der Waals surface area contributed by atoms with Gasteiger partial charge in [-0.25, -0.2) is 0 Å². The summed E-state index contributed by atoms with van der Waals surface area (Å²) in [5.41, 5.74) is 0. The highest BCUT2D eigenvalue weighted by Crippen LogP contribution is 2.42. The van der Waals surface area contributed by atoms with Crippen LogP contribution in [-0.4, -0.2) is 24.4 Å². The molecule has 1 aliphatic heterocycles. The lowest BCUT2D eigenvalue weighted by Crippen LogP contribution is -2.22. The molecule has 1 saturated heterocycles. The average Bonchev–Trinajstić information content (AvgIpc) is 2.77. The Kier molecular flexibility index (Phi) is 2.66. The topological polar surface area (TPSA) is 29.5 Å². The number of hydrogen-bond donors (Lipinski definition) is 1. The molecule has 0 spiro atoms. The van der Waals surface area contributed by atoms with Crippen LogP contribution in [-0.2, 0) is 4.74 Å².